The highest BCUT2D eigenvalue weighted by molar-refractivity contribution is 5.69. The first-order chi connectivity index (χ1) is 15.0. The fourth-order valence-corrected chi connectivity index (χ4v) is 3.05. The fraction of sp³-hybridized carbons (Fsp3) is 0.296. The molecule has 0 amide bonds. The summed E-state index contributed by atoms with van der Waals surface area (Å²) in [6, 6.07) is 26.6. The number of ether oxygens (including phenoxy) is 3. The third-order valence-corrected chi connectivity index (χ3v) is 4.73. The van der Waals surface area contributed by atoms with Crippen LogP contribution < -0.4 is 4.74 Å². The van der Waals surface area contributed by atoms with Crippen molar-refractivity contribution >= 4 is 5.97 Å². The highest BCUT2D eigenvalue weighted by Crippen LogP contribution is 2.22. The molecule has 1 unspecified atom stereocenters. The van der Waals surface area contributed by atoms with Gasteiger partial charge in [-0.05, 0) is 36.6 Å². The van der Waals surface area contributed by atoms with Gasteiger partial charge in [-0.25, -0.2) is 0 Å². The zero-order valence-corrected chi connectivity index (χ0v) is 18.8. The highest BCUT2D eigenvalue weighted by Gasteiger charge is 2.09. The summed E-state index contributed by atoms with van der Waals surface area (Å²) < 4.78 is 15.4. The highest BCUT2D eigenvalue weighted by atomic mass is 16.5. The van der Waals surface area contributed by atoms with Crippen LogP contribution in [0.2, 0.25) is 0 Å². The molecule has 0 aromatic heterocycles. The van der Waals surface area contributed by atoms with E-state index in [-0.39, 0.29) is 12.1 Å². The molecule has 0 bridgehead atoms. The predicted octanol–water partition coefficient (Wildman–Crippen LogP) is 5.75. The van der Waals surface area contributed by atoms with Gasteiger partial charge in [0.1, 0.15) is 5.75 Å². The normalized spacial score (nSPS) is 11.1. The minimum Gasteiger partial charge on any atom is -0.496 e. The lowest BCUT2D eigenvalue weighted by atomic mass is 10.0. The number of rotatable bonds is 8. The number of hydrogen-bond acceptors (Lipinski definition) is 4. The third kappa shape index (κ3) is 9.06. The zero-order valence-electron chi connectivity index (χ0n) is 18.8. The molecule has 3 aromatic rings. The van der Waals surface area contributed by atoms with Gasteiger partial charge < -0.3 is 14.2 Å². The molecule has 0 saturated carbocycles. The minimum absolute atomic E-state index is 0.113. The van der Waals surface area contributed by atoms with Gasteiger partial charge in [0, 0.05) is 6.42 Å². The van der Waals surface area contributed by atoms with Crippen molar-refractivity contribution in [2.75, 3.05) is 14.2 Å². The van der Waals surface area contributed by atoms with Gasteiger partial charge in [-0.2, -0.15) is 0 Å². The van der Waals surface area contributed by atoms with E-state index in [0.29, 0.717) is 13.0 Å². The molecule has 4 heteroatoms. The van der Waals surface area contributed by atoms with E-state index in [9.17, 15) is 4.79 Å². The molecule has 0 spiro atoms. The molecule has 3 aromatic carbocycles. The molecule has 3 rings (SSSR count). The molecule has 4 nitrogen and oxygen atoms in total. The topological polar surface area (TPSA) is 44.8 Å². The summed E-state index contributed by atoms with van der Waals surface area (Å²) in [4.78, 5) is 10.9. The molecule has 1 atom stereocenters. The maximum absolute atomic E-state index is 10.9. The van der Waals surface area contributed by atoms with Gasteiger partial charge in [-0.1, -0.05) is 78.4 Å². The Labute approximate surface area is 185 Å². The molecule has 31 heavy (non-hydrogen) atoms. The summed E-state index contributed by atoms with van der Waals surface area (Å²) in [7, 11) is 3.10. The molecule has 0 N–H and O–H groups in total. The van der Waals surface area contributed by atoms with Crippen molar-refractivity contribution in [3.63, 3.8) is 0 Å². The zero-order chi connectivity index (χ0) is 22.5. The Kier molecular flexibility index (Phi) is 10.3. The van der Waals surface area contributed by atoms with Crippen molar-refractivity contribution < 1.29 is 19.0 Å². The first-order valence-electron chi connectivity index (χ1n) is 10.4. The van der Waals surface area contributed by atoms with Gasteiger partial charge in [-0.15, -0.1) is 0 Å². The largest absolute Gasteiger partial charge is 0.496 e. The first kappa shape index (κ1) is 24.2. The van der Waals surface area contributed by atoms with Gasteiger partial charge in [0.2, 0.25) is 0 Å². The summed E-state index contributed by atoms with van der Waals surface area (Å²) in [5.74, 6) is 0.727. The van der Waals surface area contributed by atoms with Gasteiger partial charge in [0.05, 0.1) is 33.4 Å². The van der Waals surface area contributed by atoms with E-state index in [2.05, 4.69) is 48.1 Å². The molecule has 0 radical (unpaired) electrons. The summed E-state index contributed by atoms with van der Waals surface area (Å²) in [5.41, 5.74) is 4.93. The molecular weight excluding hydrogens is 388 g/mol. The van der Waals surface area contributed by atoms with Gasteiger partial charge >= 0.3 is 5.97 Å². The second kappa shape index (κ2) is 13.2. The lowest BCUT2D eigenvalue weighted by Crippen LogP contribution is -2.15. The van der Waals surface area contributed by atoms with Crippen LogP contribution in [-0.4, -0.2) is 26.3 Å². The van der Waals surface area contributed by atoms with Crippen molar-refractivity contribution in [3.8, 4) is 5.75 Å². The summed E-state index contributed by atoms with van der Waals surface area (Å²) >= 11 is 0. The van der Waals surface area contributed by atoms with Gasteiger partial charge in [0.25, 0.3) is 0 Å². The van der Waals surface area contributed by atoms with Crippen LogP contribution in [0.4, 0.5) is 0 Å². The van der Waals surface area contributed by atoms with E-state index in [1.165, 1.54) is 23.8 Å². The molecule has 0 fully saturated rings. The number of aryl methyl sites for hydroxylation is 1. The van der Waals surface area contributed by atoms with E-state index in [4.69, 9.17) is 9.47 Å². The maximum Gasteiger partial charge on any atom is 0.308 e. The van der Waals surface area contributed by atoms with Crippen LogP contribution in [0.25, 0.3) is 0 Å². The molecule has 164 valence electrons. The molecule has 0 heterocycles. The molecular formula is C27H32O4. The van der Waals surface area contributed by atoms with Crippen LogP contribution in [-0.2, 0) is 27.3 Å². The second-order valence-corrected chi connectivity index (χ2v) is 7.37. The second-order valence-electron chi connectivity index (χ2n) is 7.37. The number of carbonyl (C=O) groups excluding carboxylic acids is 1. The Hall–Kier alpha value is -3.11. The van der Waals surface area contributed by atoms with Crippen LogP contribution in [0.3, 0.4) is 0 Å². The van der Waals surface area contributed by atoms with Crippen LogP contribution in [0.15, 0.2) is 78.9 Å². The average molecular weight is 421 g/mol. The van der Waals surface area contributed by atoms with E-state index >= 15 is 0 Å². The number of carbonyl (C=O) groups is 1. The van der Waals surface area contributed by atoms with Crippen molar-refractivity contribution in [2.45, 2.75) is 39.4 Å². The lowest BCUT2D eigenvalue weighted by molar-refractivity contribution is -0.143. The van der Waals surface area contributed by atoms with Crippen LogP contribution >= 0.6 is 0 Å². The van der Waals surface area contributed by atoms with E-state index in [1.807, 2.05) is 49.4 Å². The van der Waals surface area contributed by atoms with Crippen LogP contribution in [0.1, 0.15) is 35.6 Å². The SMILES string of the molecule is COC(=O)CC(C)OCc1ccccc1.COc1ccc(C)cc1Cc1ccccc1. The van der Waals surface area contributed by atoms with Gasteiger partial charge in [0.15, 0.2) is 0 Å². The Morgan fingerprint density at radius 2 is 1.48 bits per heavy atom. The Morgan fingerprint density at radius 3 is 2.06 bits per heavy atom. The molecule has 0 aliphatic heterocycles. The molecule has 0 saturated heterocycles. The lowest BCUT2D eigenvalue weighted by Gasteiger charge is -2.11. The van der Waals surface area contributed by atoms with Gasteiger partial charge in [-0.3, -0.25) is 4.79 Å². The first-order valence-corrected chi connectivity index (χ1v) is 10.4. The number of esters is 1. The molecule has 0 aliphatic rings. The van der Waals surface area contributed by atoms with Crippen molar-refractivity contribution in [3.05, 3.63) is 101 Å². The van der Waals surface area contributed by atoms with Crippen LogP contribution in [0, 0.1) is 6.92 Å². The average Bonchev–Trinajstić information content (AvgIpc) is 2.79. The summed E-state index contributed by atoms with van der Waals surface area (Å²) in [6.07, 6.45) is 1.10. The van der Waals surface area contributed by atoms with Crippen molar-refractivity contribution in [2.24, 2.45) is 0 Å². The Balaban J connectivity index is 0.000000221. The maximum atomic E-state index is 10.9. The monoisotopic (exact) mass is 420 g/mol. The van der Waals surface area contributed by atoms with Crippen LogP contribution in [0.5, 0.6) is 5.75 Å². The quantitative estimate of drug-likeness (QED) is 0.435. The van der Waals surface area contributed by atoms with Crippen molar-refractivity contribution in [1.82, 2.24) is 0 Å². The third-order valence-electron chi connectivity index (χ3n) is 4.73. The Morgan fingerprint density at radius 1 is 0.871 bits per heavy atom. The van der Waals surface area contributed by atoms with E-state index < -0.39 is 0 Å². The smallest absolute Gasteiger partial charge is 0.308 e. The molecule has 0 aliphatic carbocycles. The van der Waals surface area contributed by atoms with Crippen molar-refractivity contribution in [1.29, 1.82) is 0 Å². The summed E-state index contributed by atoms with van der Waals surface area (Å²) in [5, 5.41) is 0. The number of benzene rings is 3. The summed E-state index contributed by atoms with van der Waals surface area (Å²) in [6.45, 7) is 4.49. The Bertz CT molecular complexity index is 907. The minimum atomic E-state index is -0.240. The van der Waals surface area contributed by atoms with E-state index in [1.54, 1.807) is 7.11 Å². The fourth-order valence-electron chi connectivity index (χ4n) is 3.05. The van der Waals surface area contributed by atoms with E-state index in [0.717, 1.165) is 17.7 Å². The number of methoxy groups -OCH3 is 2. The standard InChI is InChI=1S/C15H16O.C12H16O3/c1-12-8-9-15(16-2)14(10-12)11-13-6-4-3-5-7-13;1-10(8-12(13)14-2)15-9-11-6-4-3-5-7-11/h3-10H,11H2,1-2H3;3-7,10H,8-9H2,1-2H3. The predicted molar refractivity (Wildman–Crippen MR) is 124 cm³/mol. The number of hydrogen-bond donors (Lipinski definition) is 0.